The lowest BCUT2D eigenvalue weighted by atomic mass is 10.1. The van der Waals surface area contributed by atoms with Crippen LogP contribution in [-0.2, 0) is 0 Å². The maximum absolute atomic E-state index is 6.14. The number of aromatic nitrogens is 6. The number of fused-ring (bicyclic) bond motifs is 3. The van der Waals surface area contributed by atoms with Gasteiger partial charge in [0.1, 0.15) is 27.6 Å². The summed E-state index contributed by atoms with van der Waals surface area (Å²) in [7, 11) is -4.42. The Bertz CT molecular complexity index is 2450. The third-order valence-electron chi connectivity index (χ3n) is 10.3. The van der Waals surface area contributed by atoms with Gasteiger partial charge in [0.05, 0.1) is 22.4 Å². The Kier molecular flexibility index (Phi) is 8.72. The molecule has 0 saturated carbocycles. The van der Waals surface area contributed by atoms with Gasteiger partial charge in [0.15, 0.2) is 0 Å². The van der Waals surface area contributed by atoms with E-state index in [-0.39, 0.29) is 0 Å². The van der Waals surface area contributed by atoms with E-state index in [0.29, 0.717) is 17.7 Å². The molecule has 0 saturated heterocycles. The normalized spacial score (nSPS) is 12.0. The molecule has 0 aliphatic carbocycles. The third kappa shape index (κ3) is 6.51. The first-order valence-electron chi connectivity index (χ1n) is 17.7. The van der Waals surface area contributed by atoms with Crippen molar-refractivity contribution < 1.29 is 9.47 Å². The topological polar surface area (TPSA) is 87.8 Å². The van der Waals surface area contributed by atoms with E-state index in [1.54, 1.807) is 12.4 Å². The zero-order chi connectivity index (χ0) is 36.7. The van der Waals surface area contributed by atoms with Crippen molar-refractivity contribution in [3.05, 3.63) is 145 Å². The molecule has 0 amide bonds. The van der Waals surface area contributed by atoms with Gasteiger partial charge in [0.2, 0.25) is 11.8 Å². The van der Waals surface area contributed by atoms with Gasteiger partial charge in [-0.1, -0.05) is 108 Å². The predicted molar refractivity (Wildman–Crippen MR) is 219 cm³/mol. The van der Waals surface area contributed by atoms with Crippen molar-refractivity contribution in [2.75, 3.05) is 0 Å². The van der Waals surface area contributed by atoms with Crippen molar-refractivity contribution in [1.29, 1.82) is 0 Å². The van der Waals surface area contributed by atoms with Crippen LogP contribution in [0.25, 0.3) is 27.8 Å². The van der Waals surface area contributed by atoms with Gasteiger partial charge in [-0.05, 0) is 62.4 Å². The molecule has 0 aliphatic heterocycles. The molecule has 10 heteroatoms. The number of aryl methyl sites for hydroxylation is 2. The third-order valence-corrected chi connectivity index (χ3v) is 17.3. The SMILES string of the molecule is Cc1nnc(-n2c3cc([Si](C)(C)c4cccc(Oc5ccccn5)c4)ccc3c3ccc([Si](C)(C)c4cccc(Oc5ccccn5)c4)cc32)nc1C. The lowest BCUT2D eigenvalue weighted by Crippen LogP contribution is -2.52. The van der Waals surface area contributed by atoms with Crippen LogP contribution in [0.1, 0.15) is 11.4 Å². The van der Waals surface area contributed by atoms with Crippen LogP contribution in [0.3, 0.4) is 0 Å². The largest absolute Gasteiger partial charge is 0.439 e. The van der Waals surface area contributed by atoms with E-state index < -0.39 is 16.1 Å². The number of nitrogens with zero attached hydrogens (tertiary/aromatic N) is 6. The van der Waals surface area contributed by atoms with Crippen LogP contribution in [0.15, 0.2) is 134 Å². The molecule has 4 heterocycles. The second-order valence-corrected chi connectivity index (χ2v) is 23.2. The first kappa shape index (κ1) is 34.1. The number of rotatable bonds is 9. The summed E-state index contributed by atoms with van der Waals surface area (Å²) in [5, 5.41) is 16.6. The van der Waals surface area contributed by atoms with E-state index in [1.807, 2.05) is 62.4 Å². The average Bonchev–Trinajstić information content (AvgIpc) is 3.50. The van der Waals surface area contributed by atoms with Crippen molar-refractivity contribution in [1.82, 2.24) is 29.7 Å². The summed E-state index contributed by atoms with van der Waals surface area (Å²) < 4.78 is 14.5. The van der Waals surface area contributed by atoms with Gasteiger partial charge in [-0.3, -0.25) is 4.57 Å². The van der Waals surface area contributed by atoms with Crippen LogP contribution in [0.2, 0.25) is 26.2 Å². The van der Waals surface area contributed by atoms with E-state index in [9.17, 15) is 0 Å². The Balaban J connectivity index is 1.24. The maximum Gasteiger partial charge on any atom is 0.254 e. The fourth-order valence-electron chi connectivity index (χ4n) is 6.84. The highest BCUT2D eigenvalue weighted by molar-refractivity contribution is 7.01. The molecular formula is C43H40N6O2Si2. The Labute approximate surface area is 311 Å². The Hall–Kier alpha value is -5.98. The number of hydrogen-bond acceptors (Lipinski definition) is 7. The summed E-state index contributed by atoms with van der Waals surface area (Å²) in [5.41, 5.74) is 3.80. The molecule has 8 rings (SSSR count). The summed E-state index contributed by atoms with van der Waals surface area (Å²) >= 11 is 0. The smallest absolute Gasteiger partial charge is 0.254 e. The van der Waals surface area contributed by atoms with Crippen molar-refractivity contribution in [2.45, 2.75) is 40.0 Å². The van der Waals surface area contributed by atoms with Crippen LogP contribution < -0.4 is 30.2 Å². The minimum atomic E-state index is -2.21. The minimum Gasteiger partial charge on any atom is -0.439 e. The summed E-state index contributed by atoms with van der Waals surface area (Å²) in [6.45, 7) is 13.5. The second kappa shape index (κ2) is 13.5. The zero-order valence-electron chi connectivity index (χ0n) is 30.7. The molecule has 0 N–H and O–H groups in total. The number of hydrogen-bond donors (Lipinski definition) is 0. The van der Waals surface area contributed by atoms with E-state index in [0.717, 1.165) is 44.7 Å². The second-order valence-electron chi connectivity index (χ2n) is 14.4. The number of benzene rings is 4. The van der Waals surface area contributed by atoms with Gasteiger partial charge in [0.25, 0.3) is 5.95 Å². The van der Waals surface area contributed by atoms with Gasteiger partial charge in [-0.25, -0.2) is 15.0 Å². The molecule has 262 valence electrons. The molecule has 0 radical (unpaired) electrons. The van der Waals surface area contributed by atoms with Crippen LogP contribution in [0, 0.1) is 13.8 Å². The quantitative estimate of drug-likeness (QED) is 0.142. The highest BCUT2D eigenvalue weighted by atomic mass is 28.3. The van der Waals surface area contributed by atoms with E-state index in [4.69, 9.17) is 14.5 Å². The molecule has 0 spiro atoms. The number of ether oxygens (including phenoxy) is 2. The molecule has 8 nitrogen and oxygen atoms in total. The highest BCUT2D eigenvalue weighted by Gasteiger charge is 2.30. The monoisotopic (exact) mass is 728 g/mol. The van der Waals surface area contributed by atoms with Crippen LogP contribution in [0.5, 0.6) is 23.3 Å². The van der Waals surface area contributed by atoms with Crippen LogP contribution >= 0.6 is 0 Å². The fraction of sp³-hybridized carbons (Fsp3) is 0.140. The molecule has 0 atom stereocenters. The van der Waals surface area contributed by atoms with Crippen LogP contribution in [-0.4, -0.2) is 45.9 Å². The zero-order valence-corrected chi connectivity index (χ0v) is 32.7. The Morgan fingerprint density at radius 3 is 1.43 bits per heavy atom. The van der Waals surface area contributed by atoms with E-state index in [2.05, 4.69) is 124 Å². The first-order valence-corrected chi connectivity index (χ1v) is 23.7. The highest BCUT2D eigenvalue weighted by Crippen LogP contribution is 2.31. The Morgan fingerprint density at radius 2 is 0.981 bits per heavy atom. The van der Waals surface area contributed by atoms with Crippen molar-refractivity contribution in [3.63, 3.8) is 0 Å². The van der Waals surface area contributed by atoms with Gasteiger partial charge in [0, 0.05) is 35.3 Å². The van der Waals surface area contributed by atoms with Crippen LogP contribution in [0.4, 0.5) is 0 Å². The number of pyridine rings is 2. The molecule has 8 aromatic rings. The molecular weight excluding hydrogens is 689 g/mol. The minimum absolute atomic E-state index is 0.567. The molecule has 0 bridgehead atoms. The molecule has 53 heavy (non-hydrogen) atoms. The molecule has 4 aromatic carbocycles. The summed E-state index contributed by atoms with van der Waals surface area (Å²) in [5.74, 6) is 3.28. The van der Waals surface area contributed by atoms with Crippen molar-refractivity contribution in [2.24, 2.45) is 0 Å². The first-order chi connectivity index (χ1) is 25.6. The lowest BCUT2D eigenvalue weighted by molar-refractivity contribution is 0.463. The molecule has 0 fully saturated rings. The van der Waals surface area contributed by atoms with Gasteiger partial charge < -0.3 is 9.47 Å². The molecule has 4 aromatic heterocycles. The summed E-state index contributed by atoms with van der Waals surface area (Å²) in [4.78, 5) is 13.7. The molecule has 0 aliphatic rings. The average molecular weight is 729 g/mol. The predicted octanol–water partition coefficient (Wildman–Crippen LogP) is 7.61. The fourth-order valence-corrected chi connectivity index (χ4v) is 11.5. The maximum atomic E-state index is 6.14. The van der Waals surface area contributed by atoms with Crippen molar-refractivity contribution in [3.8, 4) is 29.2 Å². The van der Waals surface area contributed by atoms with Gasteiger partial charge >= 0.3 is 0 Å². The van der Waals surface area contributed by atoms with E-state index in [1.165, 1.54) is 20.7 Å². The van der Waals surface area contributed by atoms with Crippen molar-refractivity contribution >= 4 is 58.7 Å². The van der Waals surface area contributed by atoms with Gasteiger partial charge in [-0.2, -0.15) is 5.10 Å². The van der Waals surface area contributed by atoms with Gasteiger partial charge in [-0.15, -0.1) is 5.10 Å². The molecule has 0 unspecified atom stereocenters. The summed E-state index contributed by atoms with van der Waals surface area (Å²) in [6, 6.07) is 42.0. The van der Waals surface area contributed by atoms with E-state index >= 15 is 0 Å². The standard InChI is InChI=1S/C43H40N6O2Si2/c1-29-30(2)47-48-43(46-29)49-39-27-35(52(3,4)33-15-11-13-31(25-33)50-41-17-7-9-23-44-41)19-21-37(39)38-22-20-36(28-40(38)49)53(5,6)34-16-12-14-32(26-34)51-42-18-8-10-24-45-42/h7-28H,1-6H3. The lowest BCUT2D eigenvalue weighted by Gasteiger charge is -2.25. The Morgan fingerprint density at radius 1 is 0.491 bits per heavy atom. The summed E-state index contributed by atoms with van der Waals surface area (Å²) in [6.07, 6.45) is 3.48.